The fraction of sp³-hybridized carbons (Fsp3) is 0.733. The lowest BCUT2D eigenvalue weighted by atomic mass is 9.89. The van der Waals surface area contributed by atoms with Gasteiger partial charge in [-0.1, -0.05) is 26.7 Å². The third-order valence-electron chi connectivity index (χ3n) is 3.59. The maximum Gasteiger partial charge on any atom is 0.121 e. The van der Waals surface area contributed by atoms with Crippen LogP contribution in [0.1, 0.15) is 62.7 Å². The van der Waals surface area contributed by atoms with E-state index in [4.69, 9.17) is 4.42 Å². The number of hydrogen-bond donors (Lipinski definition) is 1. The molecule has 1 heterocycles. The maximum atomic E-state index is 5.88. The predicted molar refractivity (Wildman–Crippen MR) is 73.3 cm³/mol. The fourth-order valence-corrected chi connectivity index (χ4v) is 2.58. The van der Waals surface area contributed by atoms with Gasteiger partial charge in [-0.2, -0.15) is 0 Å². The normalized spacial score (nSPS) is 13.3. The molecule has 0 fully saturated rings. The van der Waals surface area contributed by atoms with E-state index in [0.717, 1.165) is 11.5 Å². The van der Waals surface area contributed by atoms with Crippen molar-refractivity contribution in [2.75, 3.05) is 7.05 Å². The van der Waals surface area contributed by atoms with Gasteiger partial charge in [-0.05, 0) is 51.3 Å². The zero-order chi connectivity index (χ0) is 12.8. The van der Waals surface area contributed by atoms with Gasteiger partial charge in [0.05, 0.1) is 6.04 Å². The van der Waals surface area contributed by atoms with E-state index in [1.165, 1.54) is 31.2 Å². The molecule has 1 N–H and O–H groups in total. The van der Waals surface area contributed by atoms with Crippen molar-refractivity contribution < 1.29 is 4.42 Å². The third kappa shape index (κ3) is 3.60. The highest BCUT2D eigenvalue weighted by atomic mass is 16.3. The van der Waals surface area contributed by atoms with E-state index in [1.54, 1.807) is 0 Å². The Labute approximate surface area is 106 Å². The first kappa shape index (κ1) is 14.3. The van der Waals surface area contributed by atoms with Crippen LogP contribution in [0, 0.1) is 19.8 Å². The zero-order valence-electron chi connectivity index (χ0n) is 12.0. The summed E-state index contributed by atoms with van der Waals surface area (Å²) in [5, 5.41) is 3.43. The van der Waals surface area contributed by atoms with Crippen LogP contribution in [-0.4, -0.2) is 7.05 Å². The topological polar surface area (TPSA) is 25.2 Å². The number of rotatable bonds is 7. The summed E-state index contributed by atoms with van der Waals surface area (Å²) in [7, 11) is 2.04. The Bertz CT molecular complexity index is 304. The van der Waals surface area contributed by atoms with Crippen molar-refractivity contribution in [3.05, 3.63) is 23.2 Å². The largest absolute Gasteiger partial charge is 0.464 e. The van der Waals surface area contributed by atoms with Crippen LogP contribution in [0.15, 0.2) is 10.5 Å². The second kappa shape index (κ2) is 6.85. The van der Waals surface area contributed by atoms with Crippen LogP contribution in [0.3, 0.4) is 0 Å². The molecule has 0 amide bonds. The Kier molecular flexibility index (Phi) is 5.76. The average molecular weight is 237 g/mol. The minimum Gasteiger partial charge on any atom is -0.464 e. The smallest absolute Gasteiger partial charge is 0.121 e. The monoisotopic (exact) mass is 237 g/mol. The third-order valence-corrected chi connectivity index (χ3v) is 3.59. The van der Waals surface area contributed by atoms with E-state index in [2.05, 4.69) is 32.2 Å². The molecule has 0 aromatic carbocycles. The quantitative estimate of drug-likeness (QED) is 0.761. The van der Waals surface area contributed by atoms with Crippen molar-refractivity contribution in [3.8, 4) is 0 Å². The minimum absolute atomic E-state index is 0.363. The molecule has 2 nitrogen and oxygen atoms in total. The standard InChI is InChI=1S/C15H27NO/c1-6-8-13(9-7-2)15(16-5)14-10-11(3)12(4)17-14/h10,13,15-16H,6-9H2,1-5H3. The summed E-state index contributed by atoms with van der Waals surface area (Å²) in [5.41, 5.74) is 1.26. The van der Waals surface area contributed by atoms with Gasteiger partial charge < -0.3 is 9.73 Å². The van der Waals surface area contributed by atoms with Gasteiger partial charge in [0.15, 0.2) is 0 Å². The highest BCUT2D eigenvalue weighted by Crippen LogP contribution is 2.31. The van der Waals surface area contributed by atoms with Gasteiger partial charge >= 0.3 is 0 Å². The molecule has 0 radical (unpaired) electrons. The fourth-order valence-electron chi connectivity index (χ4n) is 2.58. The number of nitrogens with one attached hydrogen (secondary N) is 1. The van der Waals surface area contributed by atoms with Crippen molar-refractivity contribution in [3.63, 3.8) is 0 Å². The molecule has 0 saturated carbocycles. The molecule has 0 aliphatic rings. The summed E-state index contributed by atoms with van der Waals surface area (Å²) in [6, 6.07) is 2.55. The molecule has 1 atom stereocenters. The van der Waals surface area contributed by atoms with Gasteiger partial charge in [-0.15, -0.1) is 0 Å². The van der Waals surface area contributed by atoms with E-state index < -0.39 is 0 Å². The van der Waals surface area contributed by atoms with E-state index >= 15 is 0 Å². The van der Waals surface area contributed by atoms with Gasteiger partial charge in [-0.25, -0.2) is 0 Å². The predicted octanol–water partition coefficient (Wildman–Crippen LogP) is 4.37. The minimum atomic E-state index is 0.363. The molecule has 2 heteroatoms. The van der Waals surface area contributed by atoms with Crippen molar-refractivity contribution >= 4 is 0 Å². The summed E-state index contributed by atoms with van der Waals surface area (Å²) in [5.74, 6) is 2.83. The molecule has 1 rings (SSSR count). The second-order valence-electron chi connectivity index (χ2n) is 4.99. The first-order chi connectivity index (χ1) is 8.13. The number of aryl methyl sites for hydroxylation is 2. The van der Waals surface area contributed by atoms with Gasteiger partial charge in [0.1, 0.15) is 11.5 Å². The SMILES string of the molecule is CCCC(CCC)C(NC)c1cc(C)c(C)o1. The van der Waals surface area contributed by atoms with Gasteiger partial charge in [0.25, 0.3) is 0 Å². The highest BCUT2D eigenvalue weighted by molar-refractivity contribution is 5.21. The van der Waals surface area contributed by atoms with Crippen molar-refractivity contribution in [2.24, 2.45) is 5.92 Å². The molecule has 0 bridgehead atoms. The highest BCUT2D eigenvalue weighted by Gasteiger charge is 2.23. The van der Waals surface area contributed by atoms with Crippen LogP contribution < -0.4 is 5.32 Å². The summed E-state index contributed by atoms with van der Waals surface area (Å²) < 4.78 is 5.88. The summed E-state index contributed by atoms with van der Waals surface area (Å²) >= 11 is 0. The molecule has 0 spiro atoms. The lowest BCUT2D eigenvalue weighted by Crippen LogP contribution is -2.25. The van der Waals surface area contributed by atoms with Crippen molar-refractivity contribution in [1.29, 1.82) is 0 Å². The summed E-state index contributed by atoms with van der Waals surface area (Å²) in [6.07, 6.45) is 5.00. The first-order valence-corrected chi connectivity index (χ1v) is 6.88. The summed E-state index contributed by atoms with van der Waals surface area (Å²) in [6.45, 7) is 8.67. The van der Waals surface area contributed by atoms with Crippen LogP contribution in [0.4, 0.5) is 0 Å². The van der Waals surface area contributed by atoms with Gasteiger partial charge in [-0.3, -0.25) is 0 Å². The molecular formula is C15H27NO. The Balaban J connectivity index is 2.86. The molecule has 1 aromatic heterocycles. The van der Waals surface area contributed by atoms with E-state index in [9.17, 15) is 0 Å². The zero-order valence-corrected chi connectivity index (χ0v) is 12.0. The lowest BCUT2D eigenvalue weighted by molar-refractivity contribution is 0.286. The molecule has 1 aromatic rings. The van der Waals surface area contributed by atoms with Crippen LogP contribution in [-0.2, 0) is 0 Å². The summed E-state index contributed by atoms with van der Waals surface area (Å²) in [4.78, 5) is 0. The maximum absolute atomic E-state index is 5.88. The Morgan fingerprint density at radius 3 is 2.12 bits per heavy atom. The van der Waals surface area contributed by atoms with E-state index in [0.29, 0.717) is 12.0 Å². The number of furan rings is 1. The Hall–Kier alpha value is -0.760. The van der Waals surface area contributed by atoms with Gasteiger partial charge in [0, 0.05) is 0 Å². The second-order valence-corrected chi connectivity index (χ2v) is 4.99. The Morgan fingerprint density at radius 2 is 1.76 bits per heavy atom. The van der Waals surface area contributed by atoms with E-state index in [1.807, 2.05) is 14.0 Å². The van der Waals surface area contributed by atoms with Crippen molar-refractivity contribution in [2.45, 2.75) is 59.4 Å². The van der Waals surface area contributed by atoms with Crippen LogP contribution in [0.2, 0.25) is 0 Å². The molecular weight excluding hydrogens is 210 g/mol. The molecule has 0 aliphatic heterocycles. The molecule has 17 heavy (non-hydrogen) atoms. The van der Waals surface area contributed by atoms with E-state index in [-0.39, 0.29) is 0 Å². The molecule has 1 unspecified atom stereocenters. The number of hydrogen-bond acceptors (Lipinski definition) is 2. The first-order valence-electron chi connectivity index (χ1n) is 6.88. The van der Waals surface area contributed by atoms with Crippen LogP contribution in [0.5, 0.6) is 0 Å². The van der Waals surface area contributed by atoms with Crippen LogP contribution >= 0.6 is 0 Å². The average Bonchev–Trinajstić information content (AvgIpc) is 2.61. The van der Waals surface area contributed by atoms with Gasteiger partial charge in [0.2, 0.25) is 0 Å². The Morgan fingerprint density at radius 1 is 1.18 bits per heavy atom. The van der Waals surface area contributed by atoms with Crippen LogP contribution in [0.25, 0.3) is 0 Å². The molecule has 0 saturated heterocycles. The van der Waals surface area contributed by atoms with Crippen molar-refractivity contribution in [1.82, 2.24) is 5.32 Å². The molecule has 0 aliphatic carbocycles. The molecule has 98 valence electrons. The lowest BCUT2D eigenvalue weighted by Gasteiger charge is -2.24.